The Bertz CT molecular complexity index is 503. The summed E-state index contributed by atoms with van der Waals surface area (Å²) in [6.07, 6.45) is 0. The van der Waals surface area contributed by atoms with Crippen molar-refractivity contribution in [3.05, 3.63) is 47.3 Å². The Morgan fingerprint density at radius 3 is 2.58 bits per heavy atom. The van der Waals surface area contributed by atoms with Gasteiger partial charge in [0.2, 0.25) is 0 Å². The van der Waals surface area contributed by atoms with Gasteiger partial charge in [-0.15, -0.1) is 0 Å². The number of benzene rings is 1. The lowest BCUT2D eigenvalue weighted by atomic mass is 10.2. The van der Waals surface area contributed by atoms with E-state index in [0.717, 1.165) is 23.7 Å². The maximum Gasteiger partial charge on any atom is 0.174 e. The molecule has 0 radical (unpaired) electrons. The van der Waals surface area contributed by atoms with Crippen LogP contribution in [0.15, 0.2) is 34.9 Å². The molecule has 0 amide bonds. The summed E-state index contributed by atoms with van der Waals surface area (Å²) in [5, 5.41) is 7.20. The first-order valence-corrected chi connectivity index (χ1v) is 6.51. The van der Waals surface area contributed by atoms with Gasteiger partial charge in [-0.2, -0.15) is 0 Å². The van der Waals surface area contributed by atoms with Gasteiger partial charge in [0, 0.05) is 18.7 Å². The molecule has 0 bridgehead atoms. The highest BCUT2D eigenvalue weighted by atomic mass is 16.5. The van der Waals surface area contributed by atoms with E-state index in [9.17, 15) is 0 Å². The Morgan fingerprint density at radius 1 is 1.26 bits per heavy atom. The van der Waals surface area contributed by atoms with Crippen molar-refractivity contribution in [1.29, 1.82) is 0 Å². The maximum absolute atomic E-state index is 5.63. The lowest BCUT2D eigenvalue weighted by molar-refractivity contribution is 0.248. The van der Waals surface area contributed by atoms with E-state index < -0.39 is 0 Å². The predicted molar refractivity (Wildman–Crippen MR) is 74.0 cm³/mol. The molecule has 0 fully saturated rings. The summed E-state index contributed by atoms with van der Waals surface area (Å²) in [4.78, 5) is 0. The third-order valence-corrected chi connectivity index (χ3v) is 2.70. The molecule has 0 atom stereocenters. The van der Waals surface area contributed by atoms with Gasteiger partial charge in [0.1, 0.15) is 12.4 Å². The molecule has 0 spiro atoms. The second-order valence-corrected chi connectivity index (χ2v) is 4.90. The second kappa shape index (κ2) is 6.38. The number of nitrogens with zero attached hydrogens (tertiary/aromatic N) is 1. The molecular formula is C15H20N2O2. The number of aromatic nitrogens is 1. The van der Waals surface area contributed by atoms with Crippen molar-refractivity contribution in [2.24, 2.45) is 0 Å². The van der Waals surface area contributed by atoms with E-state index in [1.165, 1.54) is 5.56 Å². The molecule has 1 heterocycles. The minimum absolute atomic E-state index is 0.407. The fourth-order valence-electron chi connectivity index (χ4n) is 1.66. The molecule has 0 unspecified atom stereocenters. The highest BCUT2D eigenvalue weighted by Crippen LogP contribution is 2.14. The van der Waals surface area contributed by atoms with Gasteiger partial charge in [-0.05, 0) is 24.6 Å². The van der Waals surface area contributed by atoms with Crippen molar-refractivity contribution in [2.45, 2.75) is 40.0 Å². The average molecular weight is 260 g/mol. The summed E-state index contributed by atoms with van der Waals surface area (Å²) in [6, 6.07) is 10.4. The van der Waals surface area contributed by atoms with Crippen molar-refractivity contribution >= 4 is 0 Å². The van der Waals surface area contributed by atoms with E-state index in [0.29, 0.717) is 12.6 Å². The first kappa shape index (κ1) is 13.6. The fourth-order valence-corrected chi connectivity index (χ4v) is 1.66. The van der Waals surface area contributed by atoms with Gasteiger partial charge in [-0.1, -0.05) is 31.1 Å². The quantitative estimate of drug-likeness (QED) is 0.867. The molecule has 1 aromatic heterocycles. The Labute approximate surface area is 113 Å². The zero-order valence-electron chi connectivity index (χ0n) is 11.6. The van der Waals surface area contributed by atoms with E-state index in [1.54, 1.807) is 0 Å². The molecule has 2 aromatic rings. The van der Waals surface area contributed by atoms with Crippen LogP contribution in [0.25, 0.3) is 0 Å². The lowest BCUT2D eigenvalue weighted by Crippen LogP contribution is -2.21. The molecule has 0 aliphatic carbocycles. The Kier molecular flexibility index (Phi) is 4.58. The molecule has 1 N–H and O–H groups in total. The molecule has 4 heteroatoms. The van der Waals surface area contributed by atoms with Gasteiger partial charge < -0.3 is 14.6 Å². The Hall–Kier alpha value is -1.81. The second-order valence-electron chi connectivity index (χ2n) is 4.90. The number of nitrogens with one attached hydrogen (secondary N) is 1. The van der Waals surface area contributed by atoms with Gasteiger partial charge >= 0.3 is 0 Å². The summed E-state index contributed by atoms with van der Waals surface area (Å²) in [6.45, 7) is 7.45. The molecule has 0 aliphatic rings. The van der Waals surface area contributed by atoms with Crippen LogP contribution in [0, 0.1) is 6.92 Å². The fraction of sp³-hybridized carbons (Fsp3) is 0.400. The number of aryl methyl sites for hydroxylation is 1. The van der Waals surface area contributed by atoms with E-state index >= 15 is 0 Å². The molecule has 0 saturated heterocycles. The SMILES string of the molecule is Cc1cc(COc2ccc(CNC(C)C)cc2)on1. The summed E-state index contributed by atoms with van der Waals surface area (Å²) < 4.78 is 10.7. The number of ether oxygens (including phenoxy) is 1. The summed E-state index contributed by atoms with van der Waals surface area (Å²) in [7, 11) is 0. The molecular weight excluding hydrogens is 240 g/mol. The topological polar surface area (TPSA) is 47.3 Å². The molecule has 19 heavy (non-hydrogen) atoms. The molecule has 4 nitrogen and oxygen atoms in total. The molecule has 1 aromatic carbocycles. The van der Waals surface area contributed by atoms with Crippen LogP contribution < -0.4 is 10.1 Å². The van der Waals surface area contributed by atoms with Crippen LogP contribution >= 0.6 is 0 Å². The summed E-state index contributed by atoms with van der Waals surface area (Å²) in [5.74, 6) is 1.57. The van der Waals surface area contributed by atoms with Crippen LogP contribution in [0.1, 0.15) is 30.9 Å². The van der Waals surface area contributed by atoms with Gasteiger partial charge in [-0.3, -0.25) is 0 Å². The Morgan fingerprint density at radius 2 is 2.00 bits per heavy atom. The lowest BCUT2D eigenvalue weighted by Gasteiger charge is -2.09. The largest absolute Gasteiger partial charge is 0.486 e. The first-order valence-electron chi connectivity index (χ1n) is 6.51. The molecule has 2 rings (SSSR count). The Balaban J connectivity index is 1.84. The maximum atomic E-state index is 5.63. The van der Waals surface area contributed by atoms with Crippen LogP contribution in [0.3, 0.4) is 0 Å². The summed E-state index contributed by atoms with van der Waals surface area (Å²) in [5.41, 5.74) is 2.12. The van der Waals surface area contributed by atoms with Gasteiger partial charge in [-0.25, -0.2) is 0 Å². The standard InChI is InChI=1S/C15H20N2O2/c1-11(2)16-9-13-4-6-14(7-5-13)18-10-15-8-12(3)17-19-15/h4-8,11,16H,9-10H2,1-3H3. The van der Waals surface area contributed by atoms with Crippen molar-refractivity contribution in [2.75, 3.05) is 0 Å². The molecule has 0 aliphatic heterocycles. The van der Waals surface area contributed by atoms with Gasteiger partial charge in [0.05, 0.1) is 5.69 Å². The van der Waals surface area contributed by atoms with Gasteiger partial charge in [0.15, 0.2) is 5.76 Å². The van der Waals surface area contributed by atoms with E-state index in [2.05, 4.69) is 36.5 Å². The zero-order valence-corrected chi connectivity index (χ0v) is 11.6. The highest BCUT2D eigenvalue weighted by molar-refractivity contribution is 5.27. The van der Waals surface area contributed by atoms with E-state index in [1.807, 2.05) is 25.1 Å². The molecule has 102 valence electrons. The van der Waals surface area contributed by atoms with Crippen LogP contribution in [0.5, 0.6) is 5.75 Å². The minimum atomic E-state index is 0.407. The van der Waals surface area contributed by atoms with Crippen LogP contribution in [-0.4, -0.2) is 11.2 Å². The van der Waals surface area contributed by atoms with E-state index in [-0.39, 0.29) is 0 Å². The summed E-state index contributed by atoms with van der Waals surface area (Å²) >= 11 is 0. The van der Waals surface area contributed by atoms with Gasteiger partial charge in [0.25, 0.3) is 0 Å². The third kappa shape index (κ3) is 4.41. The number of hydrogen-bond donors (Lipinski definition) is 1. The van der Waals surface area contributed by atoms with E-state index in [4.69, 9.17) is 9.26 Å². The smallest absolute Gasteiger partial charge is 0.174 e. The van der Waals surface area contributed by atoms with Crippen molar-refractivity contribution in [3.8, 4) is 5.75 Å². The van der Waals surface area contributed by atoms with Crippen molar-refractivity contribution < 1.29 is 9.26 Å². The normalized spacial score (nSPS) is 10.9. The van der Waals surface area contributed by atoms with Crippen LogP contribution in [0.4, 0.5) is 0 Å². The monoisotopic (exact) mass is 260 g/mol. The average Bonchev–Trinajstić information content (AvgIpc) is 2.81. The number of rotatable bonds is 6. The minimum Gasteiger partial charge on any atom is -0.486 e. The third-order valence-electron chi connectivity index (χ3n) is 2.70. The number of hydrogen-bond acceptors (Lipinski definition) is 4. The van der Waals surface area contributed by atoms with Crippen molar-refractivity contribution in [1.82, 2.24) is 10.5 Å². The predicted octanol–water partition coefficient (Wildman–Crippen LogP) is 3.06. The first-order chi connectivity index (χ1) is 9.13. The van der Waals surface area contributed by atoms with Crippen LogP contribution in [0.2, 0.25) is 0 Å². The van der Waals surface area contributed by atoms with Crippen molar-refractivity contribution in [3.63, 3.8) is 0 Å². The molecule has 0 saturated carbocycles. The van der Waals surface area contributed by atoms with Crippen LogP contribution in [-0.2, 0) is 13.2 Å². The zero-order chi connectivity index (χ0) is 13.7. The highest BCUT2D eigenvalue weighted by Gasteiger charge is 2.02.